The number of ether oxygens (including phenoxy) is 1. The Labute approximate surface area is 160 Å². The number of ketones is 1. The van der Waals surface area contributed by atoms with Crippen molar-refractivity contribution in [3.63, 3.8) is 0 Å². The fraction of sp³-hybridized carbons (Fsp3) is 0.0476. The number of carbonyl (C=O) groups excluding carboxylic acids is 2. The van der Waals surface area contributed by atoms with E-state index in [-0.39, 0.29) is 18.3 Å². The highest BCUT2D eigenvalue weighted by molar-refractivity contribution is 8.03. The minimum Gasteiger partial charge on any atom is -0.484 e. The summed E-state index contributed by atoms with van der Waals surface area (Å²) < 4.78 is 5.40. The molecule has 0 saturated carbocycles. The summed E-state index contributed by atoms with van der Waals surface area (Å²) in [6, 6.07) is 17.0. The first-order valence-electron chi connectivity index (χ1n) is 8.39. The maximum atomic E-state index is 12.5. The predicted molar refractivity (Wildman–Crippen MR) is 105 cm³/mol. The number of anilines is 1. The van der Waals surface area contributed by atoms with Crippen LogP contribution in [0.2, 0.25) is 0 Å². The molecule has 6 heteroatoms. The SMILES string of the molecule is O=C(COc1ccccc1)NC1=CC(=O)/C(=C2\Nc3ccccc3S2)C=C1. The summed E-state index contributed by atoms with van der Waals surface area (Å²) in [6.07, 6.45) is 4.86. The van der Waals surface area contributed by atoms with Gasteiger partial charge in [-0.3, -0.25) is 9.59 Å². The van der Waals surface area contributed by atoms with Gasteiger partial charge in [-0.15, -0.1) is 0 Å². The molecule has 2 aromatic rings. The molecule has 1 aliphatic heterocycles. The van der Waals surface area contributed by atoms with Crippen molar-refractivity contribution in [1.82, 2.24) is 5.32 Å². The van der Waals surface area contributed by atoms with Gasteiger partial charge in [0.1, 0.15) is 5.75 Å². The lowest BCUT2D eigenvalue weighted by Crippen LogP contribution is -2.29. The summed E-state index contributed by atoms with van der Waals surface area (Å²) in [7, 11) is 0. The number of fused-ring (bicyclic) bond motifs is 1. The number of amides is 1. The molecule has 27 heavy (non-hydrogen) atoms. The minimum atomic E-state index is -0.320. The van der Waals surface area contributed by atoms with Crippen LogP contribution in [0.5, 0.6) is 5.75 Å². The molecule has 0 radical (unpaired) electrons. The average Bonchev–Trinajstić information content (AvgIpc) is 3.11. The van der Waals surface area contributed by atoms with Gasteiger partial charge in [-0.2, -0.15) is 0 Å². The molecule has 2 N–H and O–H groups in total. The van der Waals surface area contributed by atoms with Crippen molar-refractivity contribution in [1.29, 1.82) is 0 Å². The van der Waals surface area contributed by atoms with Crippen molar-refractivity contribution in [3.05, 3.63) is 89.1 Å². The average molecular weight is 376 g/mol. The number of thioether (sulfide) groups is 1. The third-order valence-electron chi connectivity index (χ3n) is 3.97. The largest absolute Gasteiger partial charge is 0.484 e. The maximum absolute atomic E-state index is 12.5. The van der Waals surface area contributed by atoms with E-state index in [2.05, 4.69) is 10.6 Å². The van der Waals surface area contributed by atoms with Gasteiger partial charge < -0.3 is 15.4 Å². The van der Waals surface area contributed by atoms with Crippen LogP contribution in [0, 0.1) is 0 Å². The van der Waals surface area contributed by atoms with Crippen molar-refractivity contribution in [2.75, 3.05) is 11.9 Å². The Balaban J connectivity index is 1.38. The van der Waals surface area contributed by atoms with Crippen LogP contribution < -0.4 is 15.4 Å². The smallest absolute Gasteiger partial charge is 0.262 e. The maximum Gasteiger partial charge on any atom is 0.262 e. The van der Waals surface area contributed by atoms with Gasteiger partial charge in [0.05, 0.1) is 16.3 Å². The number of allylic oxidation sites excluding steroid dienone is 4. The lowest BCUT2D eigenvalue weighted by molar-refractivity contribution is -0.122. The molecular formula is C21H16N2O3S. The fourth-order valence-electron chi connectivity index (χ4n) is 2.69. The summed E-state index contributed by atoms with van der Waals surface area (Å²) in [5, 5.41) is 6.75. The Bertz CT molecular complexity index is 966. The highest BCUT2D eigenvalue weighted by Gasteiger charge is 2.22. The zero-order valence-electron chi connectivity index (χ0n) is 14.3. The lowest BCUT2D eigenvalue weighted by Gasteiger charge is -2.12. The van der Waals surface area contributed by atoms with Crippen LogP contribution in [0.1, 0.15) is 0 Å². The molecule has 2 aromatic carbocycles. The molecule has 0 fully saturated rings. The minimum absolute atomic E-state index is 0.121. The van der Waals surface area contributed by atoms with E-state index < -0.39 is 0 Å². The van der Waals surface area contributed by atoms with Crippen LogP contribution in [0.3, 0.4) is 0 Å². The molecule has 0 spiro atoms. The van der Waals surface area contributed by atoms with E-state index in [1.165, 1.54) is 17.8 Å². The van der Waals surface area contributed by atoms with Crippen molar-refractivity contribution < 1.29 is 14.3 Å². The number of carbonyl (C=O) groups is 2. The van der Waals surface area contributed by atoms with E-state index >= 15 is 0 Å². The number of rotatable bonds is 4. The first-order chi connectivity index (χ1) is 13.2. The quantitative estimate of drug-likeness (QED) is 0.798. The van der Waals surface area contributed by atoms with Crippen molar-refractivity contribution in [3.8, 4) is 5.75 Å². The second-order valence-electron chi connectivity index (χ2n) is 5.91. The number of para-hydroxylation sites is 2. The van der Waals surface area contributed by atoms with Gasteiger partial charge in [0.25, 0.3) is 5.91 Å². The highest BCUT2D eigenvalue weighted by atomic mass is 32.2. The molecule has 1 heterocycles. The molecule has 0 bridgehead atoms. The number of hydrogen-bond acceptors (Lipinski definition) is 5. The third-order valence-corrected chi connectivity index (χ3v) is 5.07. The van der Waals surface area contributed by atoms with E-state index in [1.54, 1.807) is 24.3 Å². The van der Waals surface area contributed by atoms with Crippen LogP contribution in [0.25, 0.3) is 0 Å². The Morgan fingerprint density at radius 3 is 2.59 bits per heavy atom. The molecule has 134 valence electrons. The van der Waals surface area contributed by atoms with Gasteiger partial charge in [0, 0.05) is 16.7 Å². The molecule has 4 rings (SSSR count). The van der Waals surface area contributed by atoms with Crippen molar-refractivity contribution in [2.24, 2.45) is 0 Å². The van der Waals surface area contributed by atoms with Crippen LogP contribution in [-0.4, -0.2) is 18.3 Å². The van der Waals surface area contributed by atoms with Gasteiger partial charge in [-0.25, -0.2) is 0 Å². The normalized spacial score (nSPS) is 17.8. The van der Waals surface area contributed by atoms with E-state index in [4.69, 9.17) is 4.74 Å². The zero-order valence-corrected chi connectivity index (χ0v) is 15.1. The van der Waals surface area contributed by atoms with Gasteiger partial charge in [-0.1, -0.05) is 42.1 Å². The number of nitrogens with one attached hydrogen (secondary N) is 2. The summed E-state index contributed by atoms with van der Waals surface area (Å²) in [6.45, 7) is -0.121. The second kappa shape index (κ2) is 7.55. The Morgan fingerprint density at radius 2 is 1.81 bits per heavy atom. The lowest BCUT2D eigenvalue weighted by atomic mass is 10.1. The van der Waals surface area contributed by atoms with E-state index in [0.717, 1.165) is 15.6 Å². The third kappa shape index (κ3) is 3.96. The Hall–Kier alpha value is -3.25. The monoisotopic (exact) mass is 376 g/mol. The molecule has 0 saturated heterocycles. The van der Waals surface area contributed by atoms with E-state index in [0.29, 0.717) is 17.0 Å². The summed E-state index contributed by atoms with van der Waals surface area (Å²) in [5.74, 6) is 0.145. The summed E-state index contributed by atoms with van der Waals surface area (Å²) in [4.78, 5) is 25.6. The topological polar surface area (TPSA) is 67.4 Å². The molecule has 0 aromatic heterocycles. The zero-order chi connectivity index (χ0) is 18.6. The van der Waals surface area contributed by atoms with E-state index in [9.17, 15) is 9.59 Å². The van der Waals surface area contributed by atoms with E-state index in [1.807, 2.05) is 42.5 Å². The van der Waals surface area contributed by atoms with Crippen LogP contribution in [0.15, 0.2) is 94.0 Å². The second-order valence-corrected chi connectivity index (χ2v) is 6.97. The van der Waals surface area contributed by atoms with Crippen LogP contribution >= 0.6 is 11.8 Å². The van der Waals surface area contributed by atoms with Gasteiger partial charge in [-0.05, 0) is 36.4 Å². The highest BCUT2D eigenvalue weighted by Crippen LogP contribution is 2.42. The molecular weight excluding hydrogens is 360 g/mol. The first kappa shape index (κ1) is 17.2. The van der Waals surface area contributed by atoms with Gasteiger partial charge in [0.2, 0.25) is 0 Å². The Morgan fingerprint density at radius 1 is 1.04 bits per heavy atom. The van der Waals surface area contributed by atoms with Gasteiger partial charge >= 0.3 is 0 Å². The number of hydrogen-bond donors (Lipinski definition) is 2. The molecule has 5 nitrogen and oxygen atoms in total. The number of benzene rings is 2. The Kier molecular flexibility index (Phi) is 4.80. The molecule has 1 amide bonds. The first-order valence-corrected chi connectivity index (χ1v) is 9.21. The summed E-state index contributed by atoms with van der Waals surface area (Å²) >= 11 is 1.53. The molecule has 1 aliphatic carbocycles. The van der Waals surface area contributed by atoms with Crippen LogP contribution in [-0.2, 0) is 9.59 Å². The summed E-state index contributed by atoms with van der Waals surface area (Å²) in [5.41, 5.74) is 2.02. The molecule has 0 atom stereocenters. The molecule has 2 aliphatic rings. The standard InChI is InChI=1S/C21H16N2O3S/c24-18-12-14(22-20(25)13-26-15-6-2-1-3-7-15)10-11-16(18)21-23-17-8-4-5-9-19(17)27-21/h1-12,23H,13H2,(H,22,25)/b21-16+. The molecule has 0 unspecified atom stereocenters. The van der Waals surface area contributed by atoms with Gasteiger partial charge in [0.15, 0.2) is 12.4 Å². The van der Waals surface area contributed by atoms with Crippen molar-refractivity contribution >= 4 is 29.1 Å². The van der Waals surface area contributed by atoms with Crippen molar-refractivity contribution in [2.45, 2.75) is 4.90 Å². The fourth-order valence-corrected chi connectivity index (χ4v) is 3.72. The predicted octanol–water partition coefficient (Wildman–Crippen LogP) is 3.63. The van der Waals surface area contributed by atoms with Crippen LogP contribution in [0.4, 0.5) is 5.69 Å².